The van der Waals surface area contributed by atoms with Crippen LogP contribution < -0.4 is 0 Å². The number of hydrogen-bond donors (Lipinski definition) is 1. The third-order valence-electron chi connectivity index (χ3n) is 11.9. The Morgan fingerprint density at radius 1 is 0.446 bits per heavy atom. The fourth-order valence-electron chi connectivity index (χ4n) is 8.00. The van der Waals surface area contributed by atoms with Crippen molar-refractivity contribution >= 4 is 65.4 Å². The van der Waals surface area contributed by atoms with E-state index in [-0.39, 0.29) is 48.1 Å². The Kier molecular flexibility index (Phi) is 27.2. The van der Waals surface area contributed by atoms with E-state index in [4.69, 9.17) is 57.2 Å². The summed E-state index contributed by atoms with van der Waals surface area (Å²) in [6.07, 6.45) is -8.58. The van der Waals surface area contributed by atoms with Crippen LogP contribution in [0.2, 0.25) is 10.0 Å². The quantitative estimate of drug-likeness (QED) is 0.0791. The Hall–Kier alpha value is -7.21. The predicted molar refractivity (Wildman–Crippen MR) is 310 cm³/mol. The first kappa shape index (κ1) is 71.9. The molecule has 0 aliphatic carbocycles. The molecule has 10 nitrogen and oxygen atoms in total. The van der Waals surface area contributed by atoms with Gasteiger partial charge in [0, 0.05) is 31.9 Å². The van der Waals surface area contributed by atoms with Crippen LogP contribution in [0.1, 0.15) is 70.5 Å². The van der Waals surface area contributed by atoms with Crippen molar-refractivity contribution in [3.8, 4) is 44.5 Å². The van der Waals surface area contributed by atoms with Gasteiger partial charge in [-0.1, -0.05) is 145 Å². The van der Waals surface area contributed by atoms with Gasteiger partial charge in [0.05, 0.1) is 34.1 Å². The summed E-state index contributed by atoms with van der Waals surface area (Å²) in [6.45, 7) is 10.6. The van der Waals surface area contributed by atoms with Crippen molar-refractivity contribution in [3.63, 3.8) is 0 Å². The summed E-state index contributed by atoms with van der Waals surface area (Å²) in [5, 5.41) is 10.3. The van der Waals surface area contributed by atoms with Crippen molar-refractivity contribution in [1.82, 2.24) is 0 Å². The normalized spacial score (nSPS) is 10.9. The van der Waals surface area contributed by atoms with Gasteiger partial charge >= 0.3 is 24.7 Å². The summed E-state index contributed by atoms with van der Waals surface area (Å²) in [7, 11) is -2.67. The molecule has 440 valence electrons. The highest BCUT2D eigenvalue weighted by Crippen LogP contribution is 2.41. The van der Waals surface area contributed by atoms with Gasteiger partial charge in [-0.3, -0.25) is 4.18 Å². The number of aliphatic hydroxyl groups is 1. The molecule has 0 amide bonds. The van der Waals surface area contributed by atoms with Gasteiger partial charge in [0.15, 0.2) is 0 Å². The Balaban J connectivity index is 0.000000445. The molecule has 0 aliphatic rings. The van der Waals surface area contributed by atoms with Crippen LogP contribution in [0, 0.1) is 41.5 Å². The zero-order chi connectivity index (χ0) is 60.6. The van der Waals surface area contributed by atoms with Crippen molar-refractivity contribution in [2.24, 2.45) is 0 Å². The van der Waals surface area contributed by atoms with E-state index in [1.165, 1.54) is 36.4 Å². The van der Waals surface area contributed by atoms with Crippen LogP contribution in [0.25, 0.3) is 44.5 Å². The van der Waals surface area contributed by atoms with Gasteiger partial charge in [0.2, 0.25) is 0 Å². The molecular weight excluding hydrogens is 1190 g/mol. The van der Waals surface area contributed by atoms with E-state index < -0.39 is 55.9 Å². The van der Waals surface area contributed by atoms with Crippen molar-refractivity contribution in [3.05, 3.63) is 223 Å². The third kappa shape index (κ3) is 20.6. The molecule has 8 rings (SSSR count). The lowest BCUT2D eigenvalue weighted by Gasteiger charge is -2.17. The molecule has 0 spiro atoms. The molecule has 0 fully saturated rings. The summed E-state index contributed by atoms with van der Waals surface area (Å²) in [4.78, 5) is 32.6. The van der Waals surface area contributed by atoms with Gasteiger partial charge in [-0.25, -0.2) is 8.42 Å². The maximum absolute atomic E-state index is 13.5. The van der Waals surface area contributed by atoms with E-state index >= 15 is 0 Å². The SMILES string of the molecule is C.C.Cc1ccc(-c2ccc(Cl)c(-c3ccc(C(F)(F)F)cc3CO)c2)c(C)c1.Cc1ccc(S(=O)(=O)Cl)cc1.Cc1ccc(S(=O)(=O)OCc2cc(C(F)(F)F)ccc2-c2cc(-c3ccc(C)cc3C)ccc2Cl)cc1.O=C=O.O=C=O. The second-order valence-electron chi connectivity index (χ2n) is 17.9. The van der Waals surface area contributed by atoms with Crippen molar-refractivity contribution in [1.29, 1.82) is 0 Å². The van der Waals surface area contributed by atoms with E-state index in [9.17, 15) is 48.3 Å². The second kappa shape index (κ2) is 31.5. The van der Waals surface area contributed by atoms with E-state index in [1.807, 2.05) is 90.1 Å². The van der Waals surface area contributed by atoms with Gasteiger partial charge < -0.3 is 5.11 Å². The molecule has 0 radical (unpaired) electrons. The number of alkyl halides is 6. The number of carbonyl (C=O) groups excluding carboxylic acids is 4. The molecule has 0 saturated carbocycles. The van der Waals surface area contributed by atoms with Crippen LogP contribution in [0.15, 0.2) is 168 Å². The van der Waals surface area contributed by atoms with Crippen LogP contribution in [0.5, 0.6) is 0 Å². The zero-order valence-corrected chi connectivity index (χ0v) is 47.7. The molecule has 8 aromatic rings. The number of aryl methyl sites for hydroxylation is 6. The number of hydrogen-bond acceptors (Lipinski definition) is 10. The molecular formula is C62H57Cl3F6O10S2. The van der Waals surface area contributed by atoms with Gasteiger partial charge in [-0.15, -0.1) is 0 Å². The molecule has 0 aromatic heterocycles. The zero-order valence-electron chi connectivity index (χ0n) is 43.8. The third-order valence-corrected chi connectivity index (χ3v) is 15.2. The average molecular weight is 1250 g/mol. The number of aliphatic hydroxyl groups excluding tert-OH is 1. The standard InChI is InChI=1S/C29H24ClF3O3S.C22H18ClF3O.C7H7ClO2S.2CO2.2CH4/c1-18-4-9-24(10-5-18)37(34,35)36-17-22-15-23(29(31,32)33)8-12-26(22)27-16-21(7-13-28(27)30)25-11-6-19(2)14-20(25)3;1-13-3-6-18(14(2)9-13)15-4-8-21(23)20(11-15)19-7-5-17(22(24,25)26)10-16(19)12-27;1-6-2-4-7(5-3-6)11(8,9)10;2*2-1-3;;/h4-16H,17H2,1-3H3;3-11,27H,12H2,1-2H3;2-5H,1H3;;;2*1H4. The summed E-state index contributed by atoms with van der Waals surface area (Å²) in [6, 6.07) is 41.7. The molecule has 0 unspecified atom stereocenters. The Bertz CT molecular complexity index is 3790. The minimum Gasteiger partial charge on any atom is -0.392 e. The van der Waals surface area contributed by atoms with Crippen LogP contribution in [0.4, 0.5) is 26.3 Å². The fourth-order valence-corrected chi connectivity index (χ4v) is 10.1. The van der Waals surface area contributed by atoms with Crippen LogP contribution in [-0.2, 0) is 68.1 Å². The van der Waals surface area contributed by atoms with Gasteiger partial charge in [0.1, 0.15) is 0 Å². The van der Waals surface area contributed by atoms with Crippen molar-refractivity contribution < 1.29 is 71.6 Å². The lowest BCUT2D eigenvalue weighted by Crippen LogP contribution is -2.10. The summed E-state index contributed by atoms with van der Waals surface area (Å²) < 4.78 is 132. The van der Waals surface area contributed by atoms with Gasteiger partial charge in [-0.2, -0.15) is 53.9 Å². The summed E-state index contributed by atoms with van der Waals surface area (Å²) in [5.41, 5.74) is 10.4. The van der Waals surface area contributed by atoms with Crippen LogP contribution >= 0.6 is 33.9 Å². The molecule has 83 heavy (non-hydrogen) atoms. The molecule has 0 bridgehead atoms. The lowest BCUT2D eigenvalue weighted by atomic mass is 9.93. The smallest absolute Gasteiger partial charge is 0.392 e. The predicted octanol–water partition coefficient (Wildman–Crippen LogP) is 17.4. The number of benzene rings is 8. The minimum atomic E-state index is -4.62. The molecule has 0 aliphatic heterocycles. The number of halogens is 9. The van der Waals surface area contributed by atoms with Crippen molar-refractivity contribution in [2.75, 3.05) is 0 Å². The van der Waals surface area contributed by atoms with E-state index in [0.717, 1.165) is 79.9 Å². The monoisotopic (exact) mass is 1240 g/mol. The van der Waals surface area contributed by atoms with Crippen LogP contribution in [-0.4, -0.2) is 34.2 Å². The minimum absolute atomic E-state index is 0. The van der Waals surface area contributed by atoms with E-state index in [2.05, 4.69) is 6.07 Å². The van der Waals surface area contributed by atoms with Gasteiger partial charge in [0.25, 0.3) is 19.2 Å². The second-order valence-corrected chi connectivity index (χ2v) is 22.9. The first-order valence-corrected chi connectivity index (χ1v) is 28.1. The Morgan fingerprint density at radius 2 is 0.783 bits per heavy atom. The van der Waals surface area contributed by atoms with Crippen molar-refractivity contribution in [2.45, 2.75) is 91.8 Å². The largest absolute Gasteiger partial charge is 0.416 e. The molecule has 0 atom stereocenters. The fraction of sp³-hybridized carbons (Fsp3) is 0.194. The summed E-state index contributed by atoms with van der Waals surface area (Å²) >= 11 is 12.8. The van der Waals surface area contributed by atoms with Gasteiger partial charge in [-0.05, 0) is 170 Å². The first-order valence-electron chi connectivity index (χ1n) is 23.6. The number of rotatable bonds is 10. The highest BCUT2D eigenvalue weighted by molar-refractivity contribution is 8.13. The van der Waals surface area contributed by atoms with E-state index in [0.29, 0.717) is 32.3 Å². The molecule has 0 heterocycles. The molecule has 8 aromatic carbocycles. The maximum atomic E-state index is 13.5. The van der Waals surface area contributed by atoms with Crippen LogP contribution in [0.3, 0.4) is 0 Å². The Labute approximate surface area is 493 Å². The lowest BCUT2D eigenvalue weighted by molar-refractivity contribution is -0.193. The summed E-state index contributed by atoms with van der Waals surface area (Å²) in [5.74, 6) is 0. The molecule has 21 heteroatoms. The molecule has 1 N–H and O–H groups in total. The average Bonchev–Trinajstić information content (AvgIpc) is 3.54. The highest BCUT2D eigenvalue weighted by Gasteiger charge is 2.33. The van der Waals surface area contributed by atoms with E-state index in [1.54, 1.807) is 42.5 Å². The first-order chi connectivity index (χ1) is 37.9. The topological polar surface area (TPSA) is 166 Å². The molecule has 0 saturated heterocycles. The maximum Gasteiger partial charge on any atom is 0.416 e. The Morgan fingerprint density at radius 3 is 1.13 bits per heavy atom. The highest BCUT2D eigenvalue weighted by atomic mass is 35.7.